The molecule has 7 nitrogen and oxygen atoms in total. The molecule has 1 N–H and O–H groups in total. The van der Waals surface area contributed by atoms with Gasteiger partial charge in [0.2, 0.25) is 5.75 Å². The Morgan fingerprint density at radius 1 is 1.21 bits per heavy atom. The number of benzene rings is 1. The number of nitrogens with zero attached hydrogens (tertiary/aromatic N) is 2. The standard InChI is InChI=1S/C20H19N3O4S2/c1-11-18(29-20(22-11)16-6-5-7-28-16)19(24)23-13(10-21)12-8-14(25-2)17(27-4)15(9-12)26-3/h5-9,13H,1-4H3,(H,23,24). The minimum atomic E-state index is -0.900. The lowest BCUT2D eigenvalue weighted by atomic mass is 10.1. The lowest BCUT2D eigenvalue weighted by molar-refractivity contribution is 0.0948. The third kappa shape index (κ3) is 4.18. The fourth-order valence-corrected chi connectivity index (χ4v) is 4.53. The number of nitrogens with one attached hydrogen (secondary N) is 1. The summed E-state index contributed by atoms with van der Waals surface area (Å²) in [6.07, 6.45) is 0. The van der Waals surface area contributed by atoms with Crippen molar-refractivity contribution in [3.8, 4) is 33.2 Å². The van der Waals surface area contributed by atoms with Crippen LogP contribution in [-0.4, -0.2) is 32.2 Å². The summed E-state index contributed by atoms with van der Waals surface area (Å²) in [7, 11) is 4.49. The first kappa shape index (κ1) is 20.6. The number of aromatic nitrogens is 1. The van der Waals surface area contributed by atoms with Crippen molar-refractivity contribution >= 4 is 28.6 Å². The van der Waals surface area contributed by atoms with Crippen LogP contribution in [0.5, 0.6) is 17.2 Å². The summed E-state index contributed by atoms with van der Waals surface area (Å²) in [4.78, 5) is 18.8. The van der Waals surface area contributed by atoms with Crippen molar-refractivity contribution in [2.24, 2.45) is 0 Å². The molecule has 0 bridgehead atoms. The van der Waals surface area contributed by atoms with Gasteiger partial charge in [-0.05, 0) is 36.1 Å². The molecular formula is C20H19N3O4S2. The Balaban J connectivity index is 1.89. The van der Waals surface area contributed by atoms with E-state index < -0.39 is 6.04 Å². The van der Waals surface area contributed by atoms with Gasteiger partial charge in [-0.2, -0.15) is 5.26 Å². The average molecular weight is 430 g/mol. The average Bonchev–Trinajstić information content (AvgIpc) is 3.40. The van der Waals surface area contributed by atoms with Crippen LogP contribution in [0.15, 0.2) is 29.6 Å². The Bertz CT molecular complexity index is 1030. The number of carbonyl (C=O) groups is 1. The smallest absolute Gasteiger partial charge is 0.264 e. The highest BCUT2D eigenvalue weighted by Crippen LogP contribution is 2.40. The molecule has 3 rings (SSSR count). The Kier molecular flexibility index (Phi) is 6.36. The highest BCUT2D eigenvalue weighted by atomic mass is 32.1. The van der Waals surface area contributed by atoms with Crippen LogP contribution in [0.1, 0.15) is 27.0 Å². The molecule has 0 aliphatic carbocycles. The van der Waals surface area contributed by atoms with Crippen molar-refractivity contribution in [3.05, 3.63) is 45.8 Å². The molecule has 9 heteroatoms. The largest absolute Gasteiger partial charge is 0.493 e. The number of ether oxygens (including phenoxy) is 3. The van der Waals surface area contributed by atoms with Gasteiger partial charge in [-0.15, -0.1) is 22.7 Å². The van der Waals surface area contributed by atoms with E-state index in [1.165, 1.54) is 32.7 Å². The second-order valence-electron chi connectivity index (χ2n) is 5.91. The number of nitriles is 1. The molecule has 150 valence electrons. The van der Waals surface area contributed by atoms with E-state index >= 15 is 0 Å². The molecule has 0 aliphatic rings. The molecule has 3 aromatic rings. The van der Waals surface area contributed by atoms with Crippen LogP contribution < -0.4 is 19.5 Å². The minimum Gasteiger partial charge on any atom is -0.493 e. The molecule has 0 saturated heterocycles. The third-order valence-corrected chi connectivity index (χ3v) is 6.35. The normalized spacial score (nSPS) is 11.4. The summed E-state index contributed by atoms with van der Waals surface area (Å²) in [6, 6.07) is 8.40. The van der Waals surface area contributed by atoms with E-state index in [0.717, 1.165) is 9.88 Å². The van der Waals surface area contributed by atoms with Gasteiger partial charge >= 0.3 is 0 Å². The predicted molar refractivity (Wildman–Crippen MR) is 112 cm³/mol. The Morgan fingerprint density at radius 3 is 2.41 bits per heavy atom. The van der Waals surface area contributed by atoms with Gasteiger partial charge in [0, 0.05) is 0 Å². The monoisotopic (exact) mass is 429 g/mol. The zero-order valence-electron chi connectivity index (χ0n) is 16.3. The fraction of sp³-hybridized carbons (Fsp3) is 0.250. The van der Waals surface area contributed by atoms with E-state index in [1.54, 1.807) is 30.4 Å². The Labute approximate surface area is 176 Å². The maximum Gasteiger partial charge on any atom is 0.264 e. The zero-order valence-corrected chi connectivity index (χ0v) is 17.9. The maximum absolute atomic E-state index is 12.8. The molecule has 0 spiro atoms. The lowest BCUT2D eigenvalue weighted by Crippen LogP contribution is -2.27. The second-order valence-corrected chi connectivity index (χ2v) is 7.85. The van der Waals surface area contributed by atoms with Gasteiger partial charge in [-0.3, -0.25) is 4.79 Å². The first-order chi connectivity index (χ1) is 14.0. The highest BCUT2D eigenvalue weighted by Gasteiger charge is 2.23. The molecule has 2 aromatic heterocycles. The Hall–Kier alpha value is -3.09. The summed E-state index contributed by atoms with van der Waals surface area (Å²) in [5.74, 6) is 0.874. The first-order valence-corrected chi connectivity index (χ1v) is 10.2. The van der Waals surface area contributed by atoms with Crippen molar-refractivity contribution in [3.63, 3.8) is 0 Å². The summed E-state index contributed by atoms with van der Waals surface area (Å²) in [5, 5.41) is 15.2. The molecular weight excluding hydrogens is 410 g/mol. The number of thiazole rings is 1. The molecule has 0 fully saturated rings. The molecule has 1 atom stereocenters. The summed E-state index contributed by atoms with van der Waals surface area (Å²) < 4.78 is 16.0. The number of aryl methyl sites for hydroxylation is 1. The van der Waals surface area contributed by atoms with Crippen molar-refractivity contribution in [1.82, 2.24) is 10.3 Å². The van der Waals surface area contributed by atoms with Crippen LogP contribution in [0, 0.1) is 18.3 Å². The fourth-order valence-electron chi connectivity index (χ4n) is 2.77. The number of carbonyl (C=O) groups excluding carboxylic acids is 1. The van der Waals surface area contributed by atoms with Crippen molar-refractivity contribution in [2.45, 2.75) is 13.0 Å². The molecule has 1 unspecified atom stereocenters. The molecule has 1 amide bonds. The van der Waals surface area contributed by atoms with Gasteiger partial charge in [0.15, 0.2) is 11.5 Å². The number of methoxy groups -OCH3 is 3. The van der Waals surface area contributed by atoms with Crippen LogP contribution in [0.4, 0.5) is 0 Å². The van der Waals surface area contributed by atoms with Gasteiger partial charge in [0.05, 0.1) is 38.0 Å². The SMILES string of the molecule is COc1cc(C(C#N)NC(=O)c2sc(-c3cccs3)nc2C)cc(OC)c1OC. The van der Waals surface area contributed by atoms with Gasteiger partial charge < -0.3 is 19.5 Å². The minimum absolute atomic E-state index is 0.358. The maximum atomic E-state index is 12.8. The quantitative estimate of drug-likeness (QED) is 0.605. The summed E-state index contributed by atoms with van der Waals surface area (Å²) in [6.45, 7) is 1.78. The van der Waals surface area contributed by atoms with Crippen molar-refractivity contribution < 1.29 is 19.0 Å². The van der Waals surface area contributed by atoms with E-state index in [-0.39, 0.29) is 5.91 Å². The first-order valence-electron chi connectivity index (χ1n) is 8.54. The number of rotatable bonds is 7. The highest BCUT2D eigenvalue weighted by molar-refractivity contribution is 7.22. The van der Waals surface area contributed by atoms with Crippen LogP contribution >= 0.6 is 22.7 Å². The molecule has 29 heavy (non-hydrogen) atoms. The van der Waals surface area contributed by atoms with Gasteiger partial charge in [-0.1, -0.05) is 6.07 Å². The van der Waals surface area contributed by atoms with E-state index in [0.29, 0.717) is 33.4 Å². The lowest BCUT2D eigenvalue weighted by Gasteiger charge is -2.17. The Morgan fingerprint density at radius 2 is 1.90 bits per heavy atom. The number of hydrogen-bond acceptors (Lipinski definition) is 8. The van der Waals surface area contributed by atoms with Crippen LogP contribution in [0.25, 0.3) is 9.88 Å². The molecule has 0 saturated carbocycles. The van der Waals surface area contributed by atoms with Crippen molar-refractivity contribution in [2.75, 3.05) is 21.3 Å². The molecule has 2 heterocycles. The van der Waals surface area contributed by atoms with E-state index in [1.807, 2.05) is 17.5 Å². The predicted octanol–water partition coefficient (Wildman–Crippen LogP) is 4.20. The molecule has 0 aliphatic heterocycles. The number of amides is 1. The van der Waals surface area contributed by atoms with Gasteiger partial charge in [0.1, 0.15) is 15.9 Å². The van der Waals surface area contributed by atoms with Crippen LogP contribution in [-0.2, 0) is 0 Å². The van der Waals surface area contributed by atoms with Crippen LogP contribution in [0.2, 0.25) is 0 Å². The van der Waals surface area contributed by atoms with E-state index in [2.05, 4.69) is 16.4 Å². The number of thiophene rings is 1. The summed E-state index contributed by atoms with van der Waals surface area (Å²) in [5.41, 5.74) is 1.15. The van der Waals surface area contributed by atoms with Gasteiger partial charge in [0.25, 0.3) is 5.91 Å². The van der Waals surface area contributed by atoms with Crippen LogP contribution in [0.3, 0.4) is 0 Å². The van der Waals surface area contributed by atoms with Crippen molar-refractivity contribution in [1.29, 1.82) is 5.26 Å². The third-order valence-electron chi connectivity index (χ3n) is 4.16. The second kappa shape index (κ2) is 8.94. The molecule has 0 radical (unpaired) electrons. The van der Waals surface area contributed by atoms with E-state index in [4.69, 9.17) is 14.2 Å². The molecule has 1 aromatic carbocycles. The zero-order chi connectivity index (χ0) is 21.0. The summed E-state index contributed by atoms with van der Waals surface area (Å²) >= 11 is 2.86. The van der Waals surface area contributed by atoms with E-state index in [9.17, 15) is 10.1 Å². The van der Waals surface area contributed by atoms with Gasteiger partial charge in [-0.25, -0.2) is 4.98 Å². The number of hydrogen-bond donors (Lipinski definition) is 1. The topological polar surface area (TPSA) is 93.5 Å².